The summed E-state index contributed by atoms with van der Waals surface area (Å²) in [5.74, 6) is -0.594. The highest BCUT2D eigenvalue weighted by molar-refractivity contribution is 5.88. The summed E-state index contributed by atoms with van der Waals surface area (Å²) < 4.78 is 6.42. The molecular weight excluding hydrogens is 298 g/mol. The topological polar surface area (TPSA) is 98.5 Å². The van der Waals surface area contributed by atoms with Gasteiger partial charge in [0.1, 0.15) is 0 Å². The van der Waals surface area contributed by atoms with Crippen LogP contribution in [0.5, 0.6) is 0 Å². The summed E-state index contributed by atoms with van der Waals surface area (Å²) in [7, 11) is 0. The lowest BCUT2D eigenvalue weighted by atomic mass is 10.1. The van der Waals surface area contributed by atoms with Gasteiger partial charge in [-0.25, -0.2) is 14.3 Å². The molecule has 0 spiro atoms. The fourth-order valence-corrected chi connectivity index (χ4v) is 1.91. The Hall–Kier alpha value is -2.51. The molecule has 0 aromatic carbocycles. The van der Waals surface area contributed by atoms with Crippen molar-refractivity contribution in [1.29, 1.82) is 0 Å². The Morgan fingerprint density at radius 1 is 1.26 bits per heavy atom. The number of nitrogens with zero attached hydrogens (tertiary/aromatic N) is 4. The van der Waals surface area contributed by atoms with Gasteiger partial charge in [0, 0.05) is 17.4 Å². The number of ether oxygens (including phenoxy) is 1. The maximum Gasteiger partial charge on any atom is 0.378 e. The number of aromatic nitrogens is 4. The quantitative estimate of drug-likeness (QED) is 0.827. The molecule has 8 nitrogen and oxygen atoms in total. The lowest BCUT2D eigenvalue weighted by Crippen LogP contribution is -2.38. The number of hydrogen-bond acceptors (Lipinski definition) is 6. The van der Waals surface area contributed by atoms with E-state index >= 15 is 0 Å². The third kappa shape index (κ3) is 4.02. The number of carbonyl (C=O) groups excluding carboxylic acids is 2. The summed E-state index contributed by atoms with van der Waals surface area (Å²) in [5.41, 5.74) is 1.59. The predicted octanol–water partition coefficient (Wildman–Crippen LogP) is 1.06. The van der Waals surface area contributed by atoms with Crippen molar-refractivity contribution in [3.05, 3.63) is 23.3 Å². The Morgan fingerprint density at radius 2 is 1.96 bits per heavy atom. The normalized spacial score (nSPS) is 12.4. The van der Waals surface area contributed by atoms with Gasteiger partial charge in [-0.3, -0.25) is 4.79 Å². The van der Waals surface area contributed by atoms with Crippen molar-refractivity contribution in [2.45, 2.75) is 40.7 Å². The van der Waals surface area contributed by atoms with Crippen molar-refractivity contribution in [1.82, 2.24) is 24.9 Å². The molecule has 0 fully saturated rings. The van der Waals surface area contributed by atoms with Crippen molar-refractivity contribution >= 4 is 17.7 Å². The Balaban J connectivity index is 2.01. The first-order valence-corrected chi connectivity index (χ1v) is 7.45. The second-order valence-electron chi connectivity index (χ2n) is 5.86. The molecule has 8 heteroatoms. The van der Waals surface area contributed by atoms with Crippen LogP contribution in [-0.4, -0.2) is 44.1 Å². The molecule has 2 aromatic rings. The summed E-state index contributed by atoms with van der Waals surface area (Å²) in [6, 6.07) is 1.83. The minimum absolute atomic E-state index is 0.00402. The zero-order chi connectivity index (χ0) is 17.1. The van der Waals surface area contributed by atoms with Crippen molar-refractivity contribution in [3.8, 4) is 0 Å². The summed E-state index contributed by atoms with van der Waals surface area (Å²) in [6.07, 6.45) is 0. The molecule has 0 bridgehead atoms. The third-order valence-electron chi connectivity index (χ3n) is 3.52. The zero-order valence-corrected chi connectivity index (χ0v) is 14.0. The molecule has 2 aromatic heterocycles. The maximum absolute atomic E-state index is 12.0. The Kier molecular flexibility index (Phi) is 4.92. The van der Waals surface area contributed by atoms with Gasteiger partial charge in [-0.15, -0.1) is 5.10 Å². The summed E-state index contributed by atoms with van der Waals surface area (Å²) >= 11 is 0. The molecule has 124 valence electrons. The van der Waals surface area contributed by atoms with E-state index < -0.39 is 5.97 Å². The van der Waals surface area contributed by atoms with Gasteiger partial charge < -0.3 is 10.1 Å². The van der Waals surface area contributed by atoms with E-state index in [0.29, 0.717) is 11.7 Å². The highest BCUT2D eigenvalue weighted by Crippen LogP contribution is 2.06. The molecule has 2 heterocycles. The van der Waals surface area contributed by atoms with Crippen molar-refractivity contribution in [3.63, 3.8) is 0 Å². The Labute approximate surface area is 134 Å². The molecular formula is C15H21N5O3. The zero-order valence-electron chi connectivity index (χ0n) is 14.0. The highest BCUT2D eigenvalue weighted by atomic mass is 16.5. The van der Waals surface area contributed by atoms with Gasteiger partial charge >= 0.3 is 5.97 Å². The number of carbonyl (C=O) groups is 2. The number of nitrogens with one attached hydrogen (secondary N) is 1. The Bertz CT molecular complexity index is 738. The average molecular weight is 319 g/mol. The van der Waals surface area contributed by atoms with Crippen LogP contribution in [0.4, 0.5) is 0 Å². The van der Waals surface area contributed by atoms with E-state index in [1.807, 2.05) is 40.7 Å². The fourth-order valence-electron chi connectivity index (χ4n) is 1.91. The van der Waals surface area contributed by atoms with E-state index in [-0.39, 0.29) is 24.4 Å². The van der Waals surface area contributed by atoms with Crippen LogP contribution in [0, 0.1) is 19.8 Å². The van der Waals surface area contributed by atoms with E-state index in [4.69, 9.17) is 4.74 Å². The minimum Gasteiger partial charge on any atom is -0.450 e. The van der Waals surface area contributed by atoms with Gasteiger partial charge in [-0.05, 0) is 32.8 Å². The van der Waals surface area contributed by atoms with E-state index in [9.17, 15) is 9.59 Å². The van der Waals surface area contributed by atoms with Crippen molar-refractivity contribution < 1.29 is 14.3 Å². The average Bonchev–Trinajstić information content (AvgIpc) is 2.88. The molecule has 0 saturated carbocycles. The van der Waals surface area contributed by atoms with Crippen LogP contribution >= 0.6 is 0 Å². The first kappa shape index (κ1) is 16.9. The summed E-state index contributed by atoms with van der Waals surface area (Å²) in [5, 5.41) is 6.81. The van der Waals surface area contributed by atoms with Crippen molar-refractivity contribution in [2.24, 2.45) is 5.92 Å². The molecule has 1 atom stereocenters. The third-order valence-corrected chi connectivity index (χ3v) is 3.52. The predicted molar refractivity (Wildman–Crippen MR) is 83.0 cm³/mol. The van der Waals surface area contributed by atoms with Crippen LogP contribution in [0.25, 0.3) is 5.78 Å². The molecule has 0 aliphatic carbocycles. The second kappa shape index (κ2) is 6.72. The molecule has 23 heavy (non-hydrogen) atoms. The number of esters is 1. The maximum atomic E-state index is 12.0. The standard InChI is InChI=1S/C15H21N5O3/c1-8(2)11(5)17-12(21)7-23-14(22)13-18-15-16-9(3)6-10(4)20(15)19-13/h6,8,11H,7H2,1-5H3,(H,17,21). The van der Waals surface area contributed by atoms with Crippen LogP contribution in [0.1, 0.15) is 42.8 Å². The van der Waals surface area contributed by atoms with Gasteiger partial charge in [-0.1, -0.05) is 13.8 Å². The molecule has 0 saturated heterocycles. The molecule has 1 N–H and O–H groups in total. The molecule has 0 radical (unpaired) electrons. The minimum atomic E-state index is -0.750. The SMILES string of the molecule is Cc1cc(C)n2nc(C(=O)OCC(=O)NC(C)C(C)C)nc2n1. The monoisotopic (exact) mass is 319 g/mol. The summed E-state index contributed by atoms with van der Waals surface area (Å²) in [6.45, 7) is 9.19. The van der Waals surface area contributed by atoms with E-state index in [0.717, 1.165) is 11.4 Å². The summed E-state index contributed by atoms with van der Waals surface area (Å²) in [4.78, 5) is 31.9. The van der Waals surface area contributed by atoms with Crippen LogP contribution < -0.4 is 5.32 Å². The first-order chi connectivity index (χ1) is 10.8. The van der Waals surface area contributed by atoms with E-state index in [1.54, 1.807) is 0 Å². The molecule has 1 unspecified atom stereocenters. The molecule has 2 rings (SSSR count). The number of rotatable bonds is 5. The lowest BCUT2D eigenvalue weighted by molar-refractivity contribution is -0.125. The largest absolute Gasteiger partial charge is 0.450 e. The van der Waals surface area contributed by atoms with Crippen LogP contribution in [-0.2, 0) is 9.53 Å². The number of amides is 1. The molecule has 1 amide bonds. The number of aryl methyl sites for hydroxylation is 2. The van der Waals surface area contributed by atoms with Crippen LogP contribution in [0.2, 0.25) is 0 Å². The van der Waals surface area contributed by atoms with E-state index in [1.165, 1.54) is 4.52 Å². The van der Waals surface area contributed by atoms with Gasteiger partial charge in [0.15, 0.2) is 6.61 Å². The number of hydrogen-bond donors (Lipinski definition) is 1. The fraction of sp³-hybridized carbons (Fsp3) is 0.533. The van der Waals surface area contributed by atoms with Gasteiger partial charge in [0.05, 0.1) is 0 Å². The molecule has 0 aliphatic rings. The Morgan fingerprint density at radius 3 is 2.61 bits per heavy atom. The number of fused-ring (bicyclic) bond motifs is 1. The molecule has 0 aliphatic heterocycles. The smallest absolute Gasteiger partial charge is 0.378 e. The highest BCUT2D eigenvalue weighted by Gasteiger charge is 2.18. The van der Waals surface area contributed by atoms with Crippen molar-refractivity contribution in [2.75, 3.05) is 6.61 Å². The lowest BCUT2D eigenvalue weighted by Gasteiger charge is -2.16. The van der Waals surface area contributed by atoms with Crippen LogP contribution in [0.3, 0.4) is 0 Å². The van der Waals surface area contributed by atoms with Gasteiger partial charge in [0.2, 0.25) is 0 Å². The van der Waals surface area contributed by atoms with Gasteiger partial charge in [-0.2, -0.15) is 4.98 Å². The van der Waals surface area contributed by atoms with E-state index in [2.05, 4.69) is 20.4 Å². The van der Waals surface area contributed by atoms with Crippen LogP contribution in [0.15, 0.2) is 6.07 Å². The first-order valence-electron chi connectivity index (χ1n) is 7.45. The second-order valence-corrected chi connectivity index (χ2v) is 5.86. The van der Waals surface area contributed by atoms with Gasteiger partial charge in [0.25, 0.3) is 17.5 Å².